The van der Waals surface area contributed by atoms with Gasteiger partial charge in [0.15, 0.2) is 11.4 Å². The van der Waals surface area contributed by atoms with Crippen LogP contribution >= 0.6 is 0 Å². The van der Waals surface area contributed by atoms with Gasteiger partial charge in [0, 0.05) is 36.2 Å². The Balaban J connectivity index is 1.35. The number of fused-ring (bicyclic) bond motifs is 4. The monoisotopic (exact) mass is 597 g/mol. The Kier molecular flexibility index (Phi) is 6.90. The van der Waals surface area contributed by atoms with Crippen LogP contribution in [-0.4, -0.2) is 98.9 Å². The molecule has 6 rings (SSSR count). The molecule has 8 N–H and O–H groups in total. The average Bonchev–Trinajstić information content (AvgIpc) is 3.50. The van der Waals surface area contributed by atoms with Gasteiger partial charge in [0.2, 0.25) is 11.7 Å². The largest absolute Gasteiger partial charge is 0.510 e. The molecule has 1 aromatic rings. The summed E-state index contributed by atoms with van der Waals surface area (Å²) in [4.78, 5) is 42.6. The van der Waals surface area contributed by atoms with E-state index in [-0.39, 0.29) is 41.8 Å². The zero-order valence-corrected chi connectivity index (χ0v) is 24.0. The Labute approximate surface area is 247 Å². The fraction of sp³-hybridized carbons (Fsp3) is 0.533. The standard InChI is InChI=1S/C30H36FN5O7/c1-35(2)23-16-7-14-6-15-17(31)8-18(34-19(37)11-36-9-12-4-3-5-13(12)10-36)24(38)21(15)25(39)20(14)28(41)30(16,43)27(32)22(26(23)40)29(33)42/h8,12-14,16,23,32,38-40,43H,3-7,9-11H2,1-2H3,(H2,33,42)(H,34,37)/t12?,13?,14-,16-,23-,30+/m0/s1. The van der Waals surface area contributed by atoms with Crippen molar-refractivity contribution in [3.05, 3.63) is 39.9 Å². The van der Waals surface area contributed by atoms with Crippen LogP contribution in [0.1, 0.15) is 36.8 Å². The van der Waals surface area contributed by atoms with Crippen LogP contribution in [0.15, 0.2) is 23.0 Å². The number of aliphatic hydroxyl groups excluding tert-OH is 2. The number of benzene rings is 1. The van der Waals surface area contributed by atoms with Crippen molar-refractivity contribution >= 4 is 34.8 Å². The molecule has 5 aliphatic rings. The number of likely N-dealkylation sites (N-methyl/N-ethyl adjacent to an activating group) is 1. The topological polar surface area (TPSA) is 201 Å². The third-order valence-corrected chi connectivity index (χ3v) is 10.2. The second-order valence-electron chi connectivity index (χ2n) is 12.8. The van der Waals surface area contributed by atoms with E-state index in [9.17, 15) is 34.8 Å². The van der Waals surface area contributed by atoms with E-state index >= 15 is 4.39 Å². The van der Waals surface area contributed by atoms with E-state index in [0.717, 1.165) is 32.0 Å². The fourth-order valence-electron chi connectivity index (χ4n) is 8.27. The van der Waals surface area contributed by atoms with Crippen molar-refractivity contribution in [2.75, 3.05) is 39.0 Å². The number of rotatable bonds is 5. The predicted octanol–water partition coefficient (Wildman–Crippen LogP) is 1.22. The lowest BCUT2D eigenvalue weighted by molar-refractivity contribution is -0.138. The van der Waals surface area contributed by atoms with Crippen molar-refractivity contribution in [1.82, 2.24) is 9.80 Å². The lowest BCUT2D eigenvalue weighted by Crippen LogP contribution is -2.67. The van der Waals surface area contributed by atoms with Crippen LogP contribution in [0.2, 0.25) is 0 Å². The number of nitrogens with one attached hydrogen (secondary N) is 2. The average molecular weight is 598 g/mol. The number of halogens is 1. The number of anilines is 1. The summed E-state index contributed by atoms with van der Waals surface area (Å²) in [5.41, 5.74) is 0.131. The normalized spacial score (nSPS) is 32.1. The molecule has 1 saturated heterocycles. The number of carbonyl (C=O) groups excluding carboxylic acids is 3. The number of Topliss-reactive ketones (excluding diaryl/α,β-unsaturated/α-hetero) is 1. The molecular formula is C30H36FN5O7. The van der Waals surface area contributed by atoms with Crippen LogP contribution in [0.25, 0.3) is 5.76 Å². The van der Waals surface area contributed by atoms with Gasteiger partial charge < -0.3 is 36.9 Å². The summed E-state index contributed by atoms with van der Waals surface area (Å²) in [6.45, 7) is 1.67. The van der Waals surface area contributed by atoms with Crippen molar-refractivity contribution in [3.63, 3.8) is 0 Å². The highest BCUT2D eigenvalue weighted by Crippen LogP contribution is 2.53. The van der Waals surface area contributed by atoms with Crippen LogP contribution < -0.4 is 11.1 Å². The van der Waals surface area contributed by atoms with E-state index < -0.39 is 75.4 Å². The molecule has 0 aromatic heterocycles. The third-order valence-electron chi connectivity index (χ3n) is 10.2. The maximum atomic E-state index is 15.5. The van der Waals surface area contributed by atoms with Crippen LogP contribution in [0.3, 0.4) is 0 Å². The molecule has 2 amide bonds. The van der Waals surface area contributed by atoms with Gasteiger partial charge >= 0.3 is 0 Å². The Hall–Kier alpha value is -3.81. The Morgan fingerprint density at radius 1 is 1.21 bits per heavy atom. The number of phenols is 1. The number of hydrogen-bond donors (Lipinski definition) is 7. The summed E-state index contributed by atoms with van der Waals surface area (Å²) in [5.74, 6) is -6.38. The first-order chi connectivity index (χ1) is 20.2. The summed E-state index contributed by atoms with van der Waals surface area (Å²) in [6.07, 6.45) is 3.26. The molecule has 0 radical (unpaired) electrons. The number of nitrogens with two attached hydrogens (primary N) is 1. The lowest BCUT2D eigenvalue weighted by Gasteiger charge is -2.51. The van der Waals surface area contributed by atoms with Crippen LogP contribution in [-0.2, 0) is 20.8 Å². The first-order valence-corrected chi connectivity index (χ1v) is 14.5. The first kappa shape index (κ1) is 29.3. The highest BCUT2D eigenvalue weighted by atomic mass is 19.1. The predicted molar refractivity (Wildman–Crippen MR) is 153 cm³/mol. The highest BCUT2D eigenvalue weighted by Gasteiger charge is 2.63. The number of primary amides is 1. The first-order valence-electron chi connectivity index (χ1n) is 14.5. The minimum atomic E-state index is -2.64. The minimum Gasteiger partial charge on any atom is -0.510 e. The molecule has 12 nitrogen and oxygen atoms in total. The Morgan fingerprint density at radius 3 is 2.47 bits per heavy atom. The molecule has 6 atom stereocenters. The van der Waals surface area contributed by atoms with E-state index in [2.05, 4.69) is 5.32 Å². The smallest absolute Gasteiger partial charge is 0.254 e. The summed E-state index contributed by atoms with van der Waals surface area (Å²) in [5, 5.41) is 56.3. The van der Waals surface area contributed by atoms with Gasteiger partial charge in [0.1, 0.15) is 22.9 Å². The van der Waals surface area contributed by atoms with Gasteiger partial charge in [-0.1, -0.05) is 6.42 Å². The number of nitrogens with zero attached hydrogens (tertiary/aromatic N) is 2. The van der Waals surface area contributed by atoms with E-state index in [1.54, 1.807) is 14.1 Å². The van der Waals surface area contributed by atoms with Gasteiger partial charge in [-0.3, -0.25) is 24.2 Å². The van der Waals surface area contributed by atoms with Crippen molar-refractivity contribution < 1.29 is 39.2 Å². The number of hydrogen-bond acceptors (Lipinski definition) is 10. The summed E-state index contributed by atoms with van der Waals surface area (Å²) < 4.78 is 15.5. The maximum absolute atomic E-state index is 15.5. The van der Waals surface area contributed by atoms with Gasteiger partial charge in [0.05, 0.1) is 29.5 Å². The van der Waals surface area contributed by atoms with Gasteiger partial charge in [-0.2, -0.15) is 0 Å². The van der Waals surface area contributed by atoms with E-state index in [1.807, 2.05) is 4.90 Å². The molecule has 1 aliphatic heterocycles. The molecule has 3 fully saturated rings. The maximum Gasteiger partial charge on any atom is 0.254 e. The van der Waals surface area contributed by atoms with Gasteiger partial charge in [-0.25, -0.2) is 4.39 Å². The second-order valence-corrected chi connectivity index (χ2v) is 12.8. The van der Waals surface area contributed by atoms with E-state index in [4.69, 9.17) is 11.1 Å². The third kappa shape index (κ3) is 4.27. The quantitative estimate of drug-likeness (QED) is 0.244. The van der Waals surface area contributed by atoms with Crippen molar-refractivity contribution in [3.8, 4) is 5.75 Å². The number of aliphatic hydroxyl groups is 3. The molecule has 230 valence electrons. The molecule has 1 aromatic carbocycles. The number of likely N-dealkylation sites (tertiary alicyclic amines) is 1. The molecule has 0 bridgehead atoms. The summed E-state index contributed by atoms with van der Waals surface area (Å²) in [6, 6.07) is -0.0990. The number of ketones is 1. The highest BCUT2D eigenvalue weighted by molar-refractivity contribution is 6.34. The number of phenolic OH excluding ortho intramolecular Hbond substituents is 1. The molecule has 2 saturated carbocycles. The molecule has 4 aliphatic carbocycles. The van der Waals surface area contributed by atoms with Gasteiger partial charge in [-0.05, 0) is 57.5 Å². The van der Waals surface area contributed by atoms with E-state index in [1.165, 1.54) is 11.3 Å². The van der Waals surface area contributed by atoms with Crippen LogP contribution in [0, 0.1) is 34.9 Å². The van der Waals surface area contributed by atoms with E-state index in [0.29, 0.717) is 11.8 Å². The van der Waals surface area contributed by atoms with Gasteiger partial charge in [0.25, 0.3) is 5.91 Å². The molecule has 2 unspecified atom stereocenters. The Bertz CT molecular complexity index is 1520. The Morgan fingerprint density at radius 2 is 1.86 bits per heavy atom. The van der Waals surface area contributed by atoms with Crippen molar-refractivity contribution in [2.45, 2.75) is 43.7 Å². The lowest BCUT2D eigenvalue weighted by atomic mass is 9.57. The van der Waals surface area contributed by atoms with Crippen LogP contribution in [0.5, 0.6) is 5.75 Å². The molecule has 1 heterocycles. The number of aromatic hydroxyl groups is 1. The number of carbonyl (C=O) groups is 3. The number of amides is 2. The zero-order valence-electron chi connectivity index (χ0n) is 24.0. The van der Waals surface area contributed by atoms with Crippen molar-refractivity contribution in [1.29, 1.82) is 5.41 Å². The SMILES string of the molecule is CN(C)[C@@H]1C(O)=C(C(N)=O)C(=N)[C@@]2(O)C(=O)C3=C(O)c4c(O)c(NC(=O)CN5CC6CCCC6C5)cc(F)c4C[C@H]3C[C@@H]12. The molecule has 43 heavy (non-hydrogen) atoms. The molecular weight excluding hydrogens is 561 g/mol. The fourth-order valence-corrected chi connectivity index (χ4v) is 8.27. The summed E-state index contributed by atoms with van der Waals surface area (Å²) in [7, 11) is 3.11. The van der Waals surface area contributed by atoms with Crippen molar-refractivity contribution in [2.24, 2.45) is 29.4 Å². The summed E-state index contributed by atoms with van der Waals surface area (Å²) >= 11 is 0. The minimum absolute atomic E-state index is 0.0604. The zero-order chi connectivity index (χ0) is 31.1. The second kappa shape index (κ2) is 10.1. The van der Waals surface area contributed by atoms with Crippen LogP contribution in [0.4, 0.5) is 10.1 Å². The molecule has 13 heteroatoms. The molecule has 0 spiro atoms. The van der Waals surface area contributed by atoms with Gasteiger partial charge in [-0.15, -0.1) is 0 Å².